The van der Waals surface area contributed by atoms with E-state index in [4.69, 9.17) is 5.84 Å². The fourth-order valence-electron chi connectivity index (χ4n) is 2.15. The highest BCUT2D eigenvalue weighted by Crippen LogP contribution is 2.30. The Hall–Kier alpha value is -1.45. The Morgan fingerprint density at radius 2 is 2.05 bits per heavy atom. The van der Waals surface area contributed by atoms with Gasteiger partial charge in [0.25, 0.3) is 5.82 Å². The number of hydrogen-bond acceptors (Lipinski definition) is 5. The first-order valence-electron chi connectivity index (χ1n) is 6.53. The van der Waals surface area contributed by atoms with E-state index in [1.807, 2.05) is 0 Å². The second-order valence-electron chi connectivity index (χ2n) is 4.92. The van der Waals surface area contributed by atoms with Crippen LogP contribution in [-0.2, 0) is 11.0 Å². The van der Waals surface area contributed by atoms with Crippen molar-refractivity contribution in [3.05, 3.63) is 5.82 Å². The lowest BCUT2D eigenvalue weighted by Gasteiger charge is -2.15. The molecule has 1 aromatic heterocycles. The molecule has 1 aromatic rings. The first-order chi connectivity index (χ1) is 9.79. The number of alkyl halides is 3. The molecule has 1 unspecified atom stereocenters. The minimum Gasteiger partial charge on any atom is -0.352 e. The molecule has 1 saturated carbocycles. The molecule has 1 atom stereocenters. The molecule has 0 bridgehead atoms. The molecule has 1 amide bonds. The Kier molecular flexibility index (Phi) is 4.64. The zero-order valence-electron chi connectivity index (χ0n) is 11.4. The fourth-order valence-corrected chi connectivity index (χ4v) is 2.93. The predicted octanol–water partition coefficient (Wildman–Crippen LogP) is 1.55. The topological polar surface area (TPSA) is 85.8 Å². The van der Waals surface area contributed by atoms with Crippen LogP contribution >= 0.6 is 11.8 Å². The van der Waals surface area contributed by atoms with Crippen molar-refractivity contribution >= 4 is 17.7 Å². The summed E-state index contributed by atoms with van der Waals surface area (Å²) in [5.41, 5.74) is 0. The average molecular weight is 323 g/mol. The summed E-state index contributed by atoms with van der Waals surface area (Å²) < 4.78 is 38.0. The highest BCUT2D eigenvalue weighted by Gasteiger charge is 2.38. The summed E-state index contributed by atoms with van der Waals surface area (Å²) in [5, 5.41) is 8.53. The Labute approximate surface area is 123 Å². The van der Waals surface area contributed by atoms with E-state index in [2.05, 4.69) is 15.5 Å². The lowest BCUT2D eigenvalue weighted by atomic mass is 10.2. The van der Waals surface area contributed by atoms with E-state index in [0.29, 0.717) is 4.68 Å². The summed E-state index contributed by atoms with van der Waals surface area (Å²) in [6, 6.07) is 0.155. The summed E-state index contributed by atoms with van der Waals surface area (Å²) in [5.74, 6) is 3.80. The molecular weight excluding hydrogens is 307 g/mol. The van der Waals surface area contributed by atoms with Gasteiger partial charge in [0.1, 0.15) is 0 Å². The molecule has 0 aliphatic heterocycles. The highest BCUT2D eigenvalue weighted by molar-refractivity contribution is 8.00. The van der Waals surface area contributed by atoms with Crippen molar-refractivity contribution in [2.45, 2.75) is 55.2 Å². The first kappa shape index (κ1) is 15.9. The molecule has 6 nitrogen and oxygen atoms in total. The molecule has 3 N–H and O–H groups in total. The number of rotatable bonds is 4. The molecule has 0 spiro atoms. The van der Waals surface area contributed by atoms with E-state index in [1.165, 1.54) is 0 Å². The van der Waals surface area contributed by atoms with Gasteiger partial charge in [-0.2, -0.15) is 13.2 Å². The normalized spacial score (nSPS) is 17.9. The largest absolute Gasteiger partial charge is 0.453 e. The maximum atomic E-state index is 12.5. The Balaban J connectivity index is 1.97. The molecule has 10 heteroatoms. The smallest absolute Gasteiger partial charge is 0.352 e. The van der Waals surface area contributed by atoms with Gasteiger partial charge in [0.05, 0.1) is 5.25 Å². The Morgan fingerprint density at radius 3 is 2.57 bits per heavy atom. The standard InChI is InChI=1S/C11H16F3N5OS/c1-6(8(20)16-7-4-2-3-5-7)21-10-18-17-9(19(10)15)11(12,13)14/h6-7H,2-5,15H2,1H3,(H,16,20). The molecule has 2 rings (SSSR count). The van der Waals surface area contributed by atoms with Gasteiger partial charge in [-0.15, -0.1) is 10.2 Å². The summed E-state index contributed by atoms with van der Waals surface area (Å²) in [6.07, 6.45) is -0.629. The van der Waals surface area contributed by atoms with Crippen molar-refractivity contribution in [1.82, 2.24) is 20.2 Å². The zero-order chi connectivity index (χ0) is 15.6. The van der Waals surface area contributed by atoms with Crippen molar-refractivity contribution in [1.29, 1.82) is 0 Å². The van der Waals surface area contributed by atoms with Crippen LogP contribution in [0.5, 0.6) is 0 Å². The summed E-state index contributed by atoms with van der Waals surface area (Å²) >= 11 is 0.851. The third-order valence-electron chi connectivity index (χ3n) is 3.27. The van der Waals surface area contributed by atoms with Crippen LogP contribution in [0, 0.1) is 0 Å². The van der Waals surface area contributed by atoms with E-state index >= 15 is 0 Å². The van der Waals surface area contributed by atoms with Crippen molar-refractivity contribution < 1.29 is 18.0 Å². The lowest BCUT2D eigenvalue weighted by Crippen LogP contribution is -2.37. The minimum atomic E-state index is -4.67. The molecule has 21 heavy (non-hydrogen) atoms. The minimum absolute atomic E-state index is 0.142. The van der Waals surface area contributed by atoms with Crippen molar-refractivity contribution in [2.75, 3.05) is 5.84 Å². The van der Waals surface area contributed by atoms with Crippen molar-refractivity contribution in [3.8, 4) is 0 Å². The van der Waals surface area contributed by atoms with Crippen LogP contribution in [0.1, 0.15) is 38.4 Å². The fraction of sp³-hybridized carbons (Fsp3) is 0.727. The van der Waals surface area contributed by atoms with Gasteiger partial charge in [-0.1, -0.05) is 24.6 Å². The molecule has 1 heterocycles. The van der Waals surface area contributed by atoms with E-state index < -0.39 is 17.3 Å². The monoisotopic (exact) mass is 323 g/mol. The number of nitrogen functional groups attached to an aromatic ring is 1. The number of carbonyl (C=O) groups excluding carboxylic acids is 1. The van der Waals surface area contributed by atoms with Crippen LogP contribution in [0.25, 0.3) is 0 Å². The molecule has 1 aliphatic rings. The van der Waals surface area contributed by atoms with Gasteiger partial charge >= 0.3 is 6.18 Å². The Morgan fingerprint density at radius 1 is 1.43 bits per heavy atom. The third-order valence-corrected chi connectivity index (χ3v) is 4.33. The Bertz CT molecular complexity index is 512. The van der Waals surface area contributed by atoms with Crippen LogP contribution in [0.4, 0.5) is 13.2 Å². The van der Waals surface area contributed by atoms with Gasteiger partial charge in [-0.25, -0.2) is 4.68 Å². The molecule has 118 valence electrons. The van der Waals surface area contributed by atoms with Gasteiger partial charge in [0.15, 0.2) is 0 Å². The van der Waals surface area contributed by atoms with Crippen LogP contribution in [-0.4, -0.2) is 32.1 Å². The summed E-state index contributed by atoms with van der Waals surface area (Å²) in [7, 11) is 0. The maximum absolute atomic E-state index is 12.5. The first-order valence-corrected chi connectivity index (χ1v) is 7.41. The van der Waals surface area contributed by atoms with Gasteiger partial charge in [0.2, 0.25) is 11.1 Å². The number of halogens is 3. The van der Waals surface area contributed by atoms with E-state index in [9.17, 15) is 18.0 Å². The highest BCUT2D eigenvalue weighted by atomic mass is 32.2. The van der Waals surface area contributed by atoms with Gasteiger partial charge < -0.3 is 11.2 Å². The number of thioether (sulfide) groups is 1. The number of amides is 1. The van der Waals surface area contributed by atoms with E-state index in [-0.39, 0.29) is 17.1 Å². The number of aromatic nitrogens is 3. The summed E-state index contributed by atoms with van der Waals surface area (Å²) in [6.45, 7) is 1.59. The number of hydrogen-bond donors (Lipinski definition) is 2. The summed E-state index contributed by atoms with van der Waals surface area (Å²) in [4.78, 5) is 12.0. The number of nitrogens with two attached hydrogens (primary N) is 1. The second kappa shape index (κ2) is 6.12. The van der Waals surface area contributed by atoms with Crippen molar-refractivity contribution in [3.63, 3.8) is 0 Å². The van der Waals surface area contributed by atoms with Gasteiger partial charge in [-0.05, 0) is 19.8 Å². The second-order valence-corrected chi connectivity index (χ2v) is 6.23. The van der Waals surface area contributed by atoms with Crippen LogP contribution in [0.15, 0.2) is 5.16 Å². The zero-order valence-corrected chi connectivity index (χ0v) is 12.2. The molecule has 0 aromatic carbocycles. The van der Waals surface area contributed by atoms with Crippen LogP contribution in [0.2, 0.25) is 0 Å². The van der Waals surface area contributed by atoms with Crippen LogP contribution < -0.4 is 11.2 Å². The predicted molar refractivity (Wildman–Crippen MR) is 70.9 cm³/mol. The molecular formula is C11H16F3N5OS. The van der Waals surface area contributed by atoms with Gasteiger partial charge in [0, 0.05) is 6.04 Å². The number of carbonyl (C=O) groups is 1. The van der Waals surface area contributed by atoms with Crippen molar-refractivity contribution in [2.24, 2.45) is 0 Å². The quantitative estimate of drug-likeness (QED) is 0.648. The SMILES string of the molecule is CC(Sc1nnc(C(F)(F)F)n1N)C(=O)NC1CCCC1. The average Bonchev–Trinajstić information content (AvgIpc) is 2.99. The molecule has 0 saturated heterocycles. The van der Waals surface area contributed by atoms with E-state index in [1.54, 1.807) is 6.92 Å². The third kappa shape index (κ3) is 3.80. The number of nitrogens with one attached hydrogen (secondary N) is 1. The van der Waals surface area contributed by atoms with E-state index in [0.717, 1.165) is 37.4 Å². The van der Waals surface area contributed by atoms with Gasteiger partial charge in [-0.3, -0.25) is 4.79 Å². The van der Waals surface area contributed by atoms with Crippen LogP contribution in [0.3, 0.4) is 0 Å². The lowest BCUT2D eigenvalue weighted by molar-refractivity contribution is -0.146. The molecule has 1 fully saturated rings. The number of nitrogens with zero attached hydrogens (tertiary/aromatic N) is 3. The molecule has 1 aliphatic carbocycles. The molecule has 0 radical (unpaired) electrons. The maximum Gasteiger partial charge on any atom is 0.453 e.